The zero-order valence-electron chi connectivity index (χ0n) is 77.8. The van der Waals surface area contributed by atoms with Gasteiger partial charge in [-0.05, 0) is 260 Å². The molecule has 0 saturated carbocycles. The maximum atomic E-state index is 12.7. The molecule has 135 heavy (non-hydrogen) atoms. The molecule has 0 fully saturated rings. The zero-order chi connectivity index (χ0) is 94.2. The van der Waals surface area contributed by atoms with Gasteiger partial charge in [0.1, 0.15) is 34.3 Å². The summed E-state index contributed by atoms with van der Waals surface area (Å²) in [5, 5.41) is 64.7. The standard InChI is InChI=1S/3C34H36ClN5O3S2/c3*1-19-30-28-10-9-26(35)32(30)31-20(2)38(3)37-27(31)18-44-16-22-14-23(39(4)36-22)17-45-29-15-24(13-21-7-5-8-25(21)29)43-12-6-11-40(28)33(19)34(41)42/h3*9-10,13-15H,5-8,11-12,16-18H2,1-4H3,(H,41,42). The molecule has 702 valence electrons. The number of nitrogens with zero attached hydrogens (tertiary/aromatic N) is 15. The Kier molecular flexibility index (Phi) is 27.5. The van der Waals surface area contributed by atoms with Gasteiger partial charge in [-0.2, -0.15) is 30.6 Å². The van der Waals surface area contributed by atoms with Crippen molar-refractivity contribution in [2.45, 2.75) is 205 Å². The van der Waals surface area contributed by atoms with Crippen LogP contribution >= 0.6 is 105 Å². The summed E-state index contributed by atoms with van der Waals surface area (Å²) in [7, 11) is 11.9. The lowest BCUT2D eigenvalue weighted by molar-refractivity contribution is 0.0673. The highest BCUT2D eigenvalue weighted by Crippen LogP contribution is 2.50. The summed E-state index contributed by atoms with van der Waals surface area (Å²) in [4.78, 5) is 41.9. The third-order valence-electron chi connectivity index (χ3n) is 27.4. The number of aromatic nitrogens is 15. The minimum Gasteiger partial charge on any atom is -0.493 e. The quantitative estimate of drug-likeness (QED) is 0.148. The fraction of sp³-hybridized carbons (Fsp3) is 0.382. The van der Waals surface area contributed by atoms with Gasteiger partial charge in [0.05, 0.1) is 54.0 Å². The largest absolute Gasteiger partial charge is 0.493 e. The first-order chi connectivity index (χ1) is 65.1. The van der Waals surface area contributed by atoms with Crippen molar-refractivity contribution in [3.05, 3.63) is 242 Å². The van der Waals surface area contributed by atoms with Crippen molar-refractivity contribution < 1.29 is 43.9 Å². The molecule has 6 aromatic carbocycles. The highest BCUT2D eigenvalue weighted by Gasteiger charge is 2.34. The average molecular weight is 1990 g/mol. The van der Waals surface area contributed by atoms with Crippen LogP contribution in [0.2, 0.25) is 15.1 Å². The number of halogens is 3. The minimum absolute atomic E-state index is 0.287. The monoisotopic (exact) mass is 1980 g/mol. The maximum absolute atomic E-state index is 12.7. The summed E-state index contributed by atoms with van der Waals surface area (Å²) in [6, 6.07) is 31.3. The first-order valence-corrected chi connectivity index (χ1v) is 53.4. The van der Waals surface area contributed by atoms with E-state index in [0.29, 0.717) is 108 Å². The van der Waals surface area contributed by atoms with E-state index >= 15 is 0 Å². The summed E-state index contributed by atoms with van der Waals surface area (Å²) in [5.74, 6) is 6.58. The Bertz CT molecular complexity index is 6590. The molecule has 0 radical (unpaired) electrons. The second-order valence-corrected chi connectivity index (χ2v) is 43.0. The van der Waals surface area contributed by atoms with Gasteiger partial charge in [0.2, 0.25) is 0 Å². The molecule has 3 aliphatic carbocycles. The van der Waals surface area contributed by atoms with E-state index in [1.165, 1.54) is 84.4 Å². The molecule has 0 atom stereocenters. The lowest BCUT2D eigenvalue weighted by atomic mass is 9.97. The molecule has 3 N–H and O–H groups in total. The van der Waals surface area contributed by atoms with E-state index in [-0.39, 0.29) is 17.1 Å². The van der Waals surface area contributed by atoms with Crippen LogP contribution in [0.3, 0.4) is 0 Å². The SMILES string of the molecule is Cc1c(C(=O)O)n2c3ccc(Cl)c(c13)-c1c(nn(C)c1C)CSCc1cc(n(C)n1)CSc1cc(cc3c1CCC3)OCCC2.Cc1c(C(=O)O)n2c3ccc(Cl)c(c13)-c1c(nn(C)c1C)CSCc1cc(n(C)n1)CSc1cc(cc3c1CCC3)OCCC2.Cc1c(C(=O)O)n2c3ccc(Cl)c(c13)-c1c(nn(C)c1C)CSCc1cc(n(C)n1)CSc1cc(cc3c1CCC3)OCCC2. The van der Waals surface area contributed by atoms with Crippen molar-refractivity contribution in [1.82, 2.24) is 72.4 Å². The number of thioether (sulfide) groups is 6. The Morgan fingerprint density at radius 1 is 0.333 bits per heavy atom. The van der Waals surface area contributed by atoms with Gasteiger partial charge in [-0.25, -0.2) is 14.4 Å². The highest BCUT2D eigenvalue weighted by molar-refractivity contribution is 7.99. The summed E-state index contributed by atoms with van der Waals surface area (Å²) in [6.45, 7) is 14.8. The number of aromatic carboxylic acids is 3. The van der Waals surface area contributed by atoms with Crippen molar-refractivity contribution >= 4 is 156 Å². The third-order valence-corrected chi connectivity index (χ3v) is 34.6. The lowest BCUT2D eigenvalue weighted by Crippen LogP contribution is -2.12. The number of carboxylic acids is 3. The van der Waals surface area contributed by atoms with Crippen LogP contribution < -0.4 is 14.2 Å². The number of aryl methyl sites for hydroxylation is 15. The van der Waals surface area contributed by atoms with Crippen LogP contribution in [0.25, 0.3) is 66.1 Å². The van der Waals surface area contributed by atoms with E-state index in [1.807, 2.05) is 197 Å². The van der Waals surface area contributed by atoms with E-state index < -0.39 is 17.9 Å². The van der Waals surface area contributed by atoms with Crippen LogP contribution in [0.1, 0.15) is 188 Å². The summed E-state index contributed by atoms with van der Waals surface area (Å²) >= 11 is 31.8. The highest BCUT2D eigenvalue weighted by atomic mass is 35.5. The molecule has 0 saturated heterocycles. The second kappa shape index (κ2) is 39.5. The number of fused-ring (bicyclic) bond motifs is 24. The Morgan fingerprint density at radius 3 is 0.889 bits per heavy atom. The van der Waals surface area contributed by atoms with Crippen molar-refractivity contribution in [3.8, 4) is 50.6 Å². The number of carbonyl (C=O) groups is 3. The van der Waals surface area contributed by atoms with E-state index in [4.69, 9.17) is 79.6 Å². The van der Waals surface area contributed by atoms with Crippen LogP contribution in [0.5, 0.6) is 17.2 Å². The minimum atomic E-state index is -0.949. The lowest BCUT2D eigenvalue weighted by Gasteiger charge is -2.14. The van der Waals surface area contributed by atoms with Gasteiger partial charge < -0.3 is 43.2 Å². The molecule has 0 unspecified atom stereocenters. The molecule has 12 heterocycles. The summed E-state index contributed by atoms with van der Waals surface area (Å²) in [5.41, 5.74) is 31.9. The van der Waals surface area contributed by atoms with Crippen molar-refractivity contribution in [1.29, 1.82) is 0 Å². The number of ether oxygens (including phenoxy) is 3. The molecule has 24 nitrogen and oxygen atoms in total. The molecule has 24 bridgehead atoms. The Labute approximate surface area is 824 Å². The van der Waals surface area contributed by atoms with E-state index in [0.717, 1.165) is 208 Å². The molecule has 0 spiro atoms. The molecular formula is C102H108Cl3N15O9S6. The molecule has 15 aromatic rings. The van der Waals surface area contributed by atoms with E-state index in [1.54, 1.807) is 35.3 Å². The van der Waals surface area contributed by atoms with E-state index in [2.05, 4.69) is 54.6 Å². The van der Waals surface area contributed by atoms with Crippen LogP contribution in [0.15, 0.2) is 106 Å². The van der Waals surface area contributed by atoms with Gasteiger partial charge in [-0.15, -0.1) is 70.6 Å². The Balaban J connectivity index is 0.000000130. The number of hydrogen-bond donors (Lipinski definition) is 3. The first kappa shape index (κ1) is 94.0. The zero-order valence-corrected chi connectivity index (χ0v) is 85.0. The fourth-order valence-corrected chi connectivity index (χ4v) is 27.6. The molecule has 0 amide bonds. The Morgan fingerprint density at radius 2 is 0.615 bits per heavy atom. The molecule has 21 rings (SSSR count). The predicted molar refractivity (Wildman–Crippen MR) is 546 cm³/mol. The molecule has 6 aliphatic rings. The molecule has 9 aromatic heterocycles. The molecule has 33 heteroatoms. The van der Waals surface area contributed by atoms with Gasteiger partial charge in [-0.3, -0.25) is 28.1 Å². The summed E-state index contributed by atoms with van der Waals surface area (Å²) < 4.78 is 36.4. The van der Waals surface area contributed by atoms with Crippen LogP contribution in [0.4, 0.5) is 0 Å². The van der Waals surface area contributed by atoms with Crippen LogP contribution in [-0.2, 0) is 152 Å². The van der Waals surface area contributed by atoms with Gasteiger partial charge in [-0.1, -0.05) is 34.8 Å². The fourth-order valence-electron chi connectivity index (χ4n) is 20.7. The number of rotatable bonds is 3. The van der Waals surface area contributed by atoms with E-state index in [9.17, 15) is 29.7 Å². The normalized spacial score (nSPS) is 15.5. The predicted octanol–water partition coefficient (Wildman–Crippen LogP) is 23.2. The first-order valence-electron chi connectivity index (χ1n) is 45.9. The van der Waals surface area contributed by atoms with Gasteiger partial charge in [0.15, 0.2) is 0 Å². The Hall–Kier alpha value is -10.0. The topological polar surface area (TPSA) is 261 Å². The molecule has 3 aliphatic heterocycles. The second-order valence-electron chi connectivity index (χ2n) is 35.8. The van der Waals surface area contributed by atoms with Crippen molar-refractivity contribution in [3.63, 3.8) is 0 Å². The molecular weight excluding hydrogens is 1880 g/mol. The average Bonchev–Trinajstić information content (AvgIpc) is 1.58. The number of hydrogen-bond acceptors (Lipinski definition) is 18. The summed E-state index contributed by atoms with van der Waals surface area (Å²) in [6.07, 6.45) is 12.0. The number of carboxylic acid groups (broad SMARTS) is 3. The number of benzene rings is 6. The van der Waals surface area contributed by atoms with Gasteiger partial charge in [0, 0.05) is 244 Å². The third kappa shape index (κ3) is 18.4. The van der Waals surface area contributed by atoms with Crippen molar-refractivity contribution in [2.24, 2.45) is 42.3 Å². The van der Waals surface area contributed by atoms with Gasteiger partial charge >= 0.3 is 17.9 Å². The van der Waals surface area contributed by atoms with Crippen LogP contribution in [-0.4, -0.2) is 125 Å². The smallest absolute Gasteiger partial charge is 0.352 e. The van der Waals surface area contributed by atoms with Gasteiger partial charge in [0.25, 0.3) is 0 Å². The van der Waals surface area contributed by atoms with Crippen LogP contribution in [0, 0.1) is 41.5 Å². The maximum Gasteiger partial charge on any atom is 0.352 e. The van der Waals surface area contributed by atoms with Crippen molar-refractivity contribution in [2.75, 3.05) is 19.8 Å².